The quantitative estimate of drug-likeness (QED) is 0.291. The van der Waals surface area contributed by atoms with Crippen molar-refractivity contribution in [1.82, 2.24) is 15.5 Å². The molecular weight excluding hydrogens is 441 g/mol. The Balaban J connectivity index is 0.00000625. The standard InChI is InChI=1S/C19H35N5O.HI/c1-6-24(18-9-7-8-17(2)16-18)13-11-22-19(20-3)21-10-12-23(4)14-15-25-5;/h7-9,16H,6,10-15H2,1-5H3,(H2,20,21,22);1H. The summed E-state index contributed by atoms with van der Waals surface area (Å²) in [4.78, 5) is 8.89. The van der Waals surface area contributed by atoms with Crippen molar-refractivity contribution in [1.29, 1.82) is 0 Å². The topological polar surface area (TPSA) is 52.1 Å². The summed E-state index contributed by atoms with van der Waals surface area (Å²) in [6.45, 7) is 10.6. The van der Waals surface area contributed by atoms with Crippen LogP contribution in [0.1, 0.15) is 12.5 Å². The molecule has 0 aliphatic heterocycles. The van der Waals surface area contributed by atoms with Crippen molar-refractivity contribution in [2.24, 2.45) is 4.99 Å². The molecule has 1 aromatic carbocycles. The van der Waals surface area contributed by atoms with Crippen LogP contribution in [0.25, 0.3) is 0 Å². The van der Waals surface area contributed by atoms with Crippen molar-refractivity contribution in [2.45, 2.75) is 13.8 Å². The molecule has 0 atom stereocenters. The molecule has 7 heteroatoms. The molecule has 1 aromatic rings. The molecule has 0 bridgehead atoms. The highest BCUT2D eigenvalue weighted by atomic mass is 127. The molecule has 0 aliphatic carbocycles. The van der Waals surface area contributed by atoms with Gasteiger partial charge in [0, 0.05) is 59.1 Å². The summed E-state index contributed by atoms with van der Waals surface area (Å²) < 4.78 is 5.09. The highest BCUT2D eigenvalue weighted by Crippen LogP contribution is 2.14. The normalized spacial score (nSPS) is 11.2. The van der Waals surface area contributed by atoms with Crippen molar-refractivity contribution in [3.63, 3.8) is 0 Å². The zero-order valence-electron chi connectivity index (χ0n) is 16.9. The average molecular weight is 477 g/mol. The minimum atomic E-state index is 0. The minimum absolute atomic E-state index is 0. The van der Waals surface area contributed by atoms with E-state index in [1.807, 2.05) is 7.05 Å². The predicted octanol–water partition coefficient (Wildman–Crippen LogP) is 2.18. The van der Waals surface area contributed by atoms with E-state index >= 15 is 0 Å². The van der Waals surface area contributed by atoms with Crippen molar-refractivity contribution in [3.05, 3.63) is 29.8 Å². The average Bonchev–Trinajstić information content (AvgIpc) is 2.62. The fourth-order valence-corrected chi connectivity index (χ4v) is 2.55. The Hall–Kier alpha value is -1.06. The molecule has 1 rings (SSSR count). The van der Waals surface area contributed by atoms with Crippen molar-refractivity contribution in [3.8, 4) is 0 Å². The van der Waals surface area contributed by atoms with E-state index in [0.717, 1.165) is 51.8 Å². The van der Waals surface area contributed by atoms with Gasteiger partial charge in [0.1, 0.15) is 0 Å². The number of aliphatic imine (C=N–C) groups is 1. The third kappa shape index (κ3) is 10.2. The van der Waals surface area contributed by atoms with Crippen LogP contribution >= 0.6 is 24.0 Å². The van der Waals surface area contributed by atoms with Gasteiger partial charge in [0.2, 0.25) is 0 Å². The molecule has 6 nitrogen and oxygen atoms in total. The number of ether oxygens (including phenoxy) is 1. The number of likely N-dealkylation sites (N-methyl/N-ethyl adjacent to an activating group) is 2. The van der Waals surface area contributed by atoms with Gasteiger partial charge in [0.15, 0.2) is 5.96 Å². The van der Waals surface area contributed by atoms with Gasteiger partial charge in [-0.2, -0.15) is 0 Å². The highest BCUT2D eigenvalue weighted by Gasteiger charge is 2.05. The fraction of sp³-hybridized carbons (Fsp3) is 0.632. The summed E-state index contributed by atoms with van der Waals surface area (Å²) in [6, 6.07) is 8.64. The number of anilines is 1. The first kappa shape index (κ1) is 24.9. The van der Waals surface area contributed by atoms with Gasteiger partial charge in [-0.1, -0.05) is 12.1 Å². The fourth-order valence-electron chi connectivity index (χ4n) is 2.55. The van der Waals surface area contributed by atoms with E-state index < -0.39 is 0 Å². The summed E-state index contributed by atoms with van der Waals surface area (Å²) in [5, 5.41) is 6.74. The number of aryl methyl sites for hydroxylation is 1. The van der Waals surface area contributed by atoms with Gasteiger partial charge in [-0.25, -0.2) is 0 Å². The molecule has 0 aliphatic rings. The van der Waals surface area contributed by atoms with Crippen LogP contribution in [0.2, 0.25) is 0 Å². The van der Waals surface area contributed by atoms with Crippen LogP contribution < -0.4 is 15.5 Å². The van der Waals surface area contributed by atoms with Gasteiger partial charge in [-0.05, 0) is 38.6 Å². The summed E-state index contributed by atoms with van der Waals surface area (Å²) in [5.41, 5.74) is 2.56. The van der Waals surface area contributed by atoms with Gasteiger partial charge in [-0.15, -0.1) is 24.0 Å². The van der Waals surface area contributed by atoms with Gasteiger partial charge in [0.25, 0.3) is 0 Å². The van der Waals surface area contributed by atoms with Crippen LogP contribution in [0.15, 0.2) is 29.3 Å². The first-order valence-electron chi connectivity index (χ1n) is 9.04. The molecule has 150 valence electrons. The van der Waals surface area contributed by atoms with Gasteiger partial charge < -0.3 is 25.2 Å². The van der Waals surface area contributed by atoms with Gasteiger partial charge >= 0.3 is 0 Å². The van der Waals surface area contributed by atoms with E-state index in [-0.39, 0.29) is 24.0 Å². The number of nitrogens with one attached hydrogen (secondary N) is 2. The SMILES string of the molecule is CCN(CCNC(=NC)NCCN(C)CCOC)c1cccc(C)c1.I. The maximum atomic E-state index is 5.09. The van der Waals surface area contributed by atoms with Crippen LogP contribution in [0.5, 0.6) is 0 Å². The Morgan fingerprint density at radius 1 is 1.15 bits per heavy atom. The first-order valence-corrected chi connectivity index (χ1v) is 9.04. The third-order valence-corrected chi connectivity index (χ3v) is 4.11. The van der Waals surface area contributed by atoms with E-state index in [2.05, 4.69) is 70.6 Å². The highest BCUT2D eigenvalue weighted by molar-refractivity contribution is 14.0. The van der Waals surface area contributed by atoms with E-state index in [1.165, 1.54) is 11.3 Å². The number of nitrogens with zero attached hydrogens (tertiary/aromatic N) is 3. The number of hydrogen-bond acceptors (Lipinski definition) is 4. The van der Waals surface area contributed by atoms with Crippen LogP contribution in [-0.4, -0.2) is 77.9 Å². The summed E-state index contributed by atoms with van der Waals surface area (Å²) in [7, 11) is 5.63. The molecule has 2 N–H and O–H groups in total. The summed E-state index contributed by atoms with van der Waals surface area (Å²) >= 11 is 0. The minimum Gasteiger partial charge on any atom is -0.383 e. The number of methoxy groups -OCH3 is 1. The number of benzene rings is 1. The Bertz CT molecular complexity index is 512. The second kappa shape index (κ2) is 15.0. The van der Waals surface area contributed by atoms with Crippen LogP contribution in [0.3, 0.4) is 0 Å². The second-order valence-corrected chi connectivity index (χ2v) is 6.14. The molecule has 0 heterocycles. The largest absolute Gasteiger partial charge is 0.383 e. The Labute approximate surface area is 176 Å². The van der Waals surface area contributed by atoms with Gasteiger partial charge in [-0.3, -0.25) is 4.99 Å². The molecule has 0 saturated heterocycles. The lowest BCUT2D eigenvalue weighted by atomic mass is 10.2. The first-order chi connectivity index (χ1) is 12.1. The second-order valence-electron chi connectivity index (χ2n) is 6.14. The number of rotatable bonds is 11. The number of halogens is 1. The Kier molecular flexibility index (Phi) is 14.4. The molecule has 0 unspecified atom stereocenters. The lowest BCUT2D eigenvalue weighted by Crippen LogP contribution is -2.44. The van der Waals surface area contributed by atoms with Crippen LogP contribution in [0, 0.1) is 6.92 Å². The molecule has 0 amide bonds. The van der Waals surface area contributed by atoms with Gasteiger partial charge in [0.05, 0.1) is 6.61 Å². The van der Waals surface area contributed by atoms with Crippen molar-refractivity contribution < 1.29 is 4.74 Å². The van der Waals surface area contributed by atoms with Crippen molar-refractivity contribution in [2.75, 3.05) is 72.0 Å². The maximum absolute atomic E-state index is 5.09. The molecule has 0 aromatic heterocycles. The van der Waals surface area contributed by atoms with Crippen LogP contribution in [0.4, 0.5) is 5.69 Å². The zero-order valence-corrected chi connectivity index (χ0v) is 19.2. The van der Waals surface area contributed by atoms with E-state index in [4.69, 9.17) is 4.74 Å². The van der Waals surface area contributed by atoms with E-state index in [9.17, 15) is 0 Å². The predicted molar refractivity (Wildman–Crippen MR) is 123 cm³/mol. The molecule has 26 heavy (non-hydrogen) atoms. The monoisotopic (exact) mass is 477 g/mol. The molecule has 0 fully saturated rings. The number of guanidine groups is 1. The van der Waals surface area contributed by atoms with E-state index in [1.54, 1.807) is 7.11 Å². The Morgan fingerprint density at radius 3 is 2.42 bits per heavy atom. The lowest BCUT2D eigenvalue weighted by Gasteiger charge is -2.24. The van der Waals surface area contributed by atoms with Crippen LogP contribution in [-0.2, 0) is 4.74 Å². The summed E-state index contributed by atoms with van der Waals surface area (Å²) in [6.07, 6.45) is 0. The number of hydrogen-bond donors (Lipinski definition) is 2. The molecule has 0 spiro atoms. The lowest BCUT2D eigenvalue weighted by molar-refractivity contribution is 0.162. The maximum Gasteiger partial charge on any atom is 0.191 e. The molecular formula is C19H36IN5O. The molecule has 0 saturated carbocycles. The Morgan fingerprint density at radius 2 is 1.85 bits per heavy atom. The van der Waals surface area contributed by atoms with Crippen molar-refractivity contribution >= 4 is 35.6 Å². The zero-order chi connectivity index (χ0) is 18.5. The third-order valence-electron chi connectivity index (χ3n) is 4.11. The summed E-state index contributed by atoms with van der Waals surface area (Å²) in [5.74, 6) is 0.848. The smallest absolute Gasteiger partial charge is 0.191 e. The molecule has 0 radical (unpaired) electrons. The van der Waals surface area contributed by atoms with E-state index in [0.29, 0.717) is 0 Å².